The van der Waals surface area contributed by atoms with Gasteiger partial charge in [0.25, 0.3) is 0 Å². The maximum atomic E-state index is 11.9. The molecule has 0 aliphatic rings. The number of carboxylic acid groups (broad SMARTS) is 1. The summed E-state index contributed by atoms with van der Waals surface area (Å²) in [6, 6.07) is 2.66. The second-order valence-electron chi connectivity index (χ2n) is 4.33. The minimum absolute atomic E-state index is 0.0781. The minimum atomic E-state index is -4.01. The zero-order chi connectivity index (χ0) is 16.2. The highest BCUT2D eigenvalue weighted by atomic mass is 32.2. The third kappa shape index (κ3) is 4.39. The Labute approximate surface area is 120 Å². The number of nitro benzene ring substituents is 1. The molecule has 0 fully saturated rings. The van der Waals surface area contributed by atoms with Crippen molar-refractivity contribution in [3.05, 3.63) is 28.3 Å². The molecule has 0 aliphatic heterocycles. The molecule has 0 aliphatic carbocycles. The van der Waals surface area contributed by atoms with E-state index in [4.69, 9.17) is 5.11 Å². The maximum absolute atomic E-state index is 11.9. The molecule has 1 atom stereocenters. The summed E-state index contributed by atoms with van der Waals surface area (Å²) in [6.07, 6.45) is 0.0781. The van der Waals surface area contributed by atoms with Crippen molar-refractivity contribution in [1.82, 2.24) is 4.72 Å². The molecule has 3 N–H and O–H groups in total. The SMILES string of the molecule is CC(CCNS(=O)(=O)c1ccc(O)c([N+](=O)[O-])c1)C(=O)O. The number of aromatic hydroxyl groups is 1. The van der Waals surface area contributed by atoms with E-state index in [1.54, 1.807) is 0 Å². The number of carboxylic acids is 1. The largest absolute Gasteiger partial charge is 0.502 e. The van der Waals surface area contributed by atoms with E-state index < -0.39 is 38.3 Å². The summed E-state index contributed by atoms with van der Waals surface area (Å²) in [5, 5.41) is 28.6. The van der Waals surface area contributed by atoms with Crippen LogP contribution >= 0.6 is 0 Å². The molecule has 1 unspecified atom stereocenters. The van der Waals surface area contributed by atoms with Gasteiger partial charge in [0, 0.05) is 12.6 Å². The van der Waals surface area contributed by atoms with Crippen LogP contribution in [0.2, 0.25) is 0 Å². The fourth-order valence-electron chi connectivity index (χ4n) is 1.43. The van der Waals surface area contributed by atoms with Gasteiger partial charge in [-0.25, -0.2) is 13.1 Å². The van der Waals surface area contributed by atoms with Crippen LogP contribution in [-0.4, -0.2) is 36.1 Å². The Bertz CT molecular complexity index is 657. The van der Waals surface area contributed by atoms with Crippen molar-refractivity contribution in [1.29, 1.82) is 0 Å². The summed E-state index contributed by atoms with van der Waals surface area (Å²) in [7, 11) is -4.01. The molecule has 0 heterocycles. The predicted molar refractivity (Wildman–Crippen MR) is 71.4 cm³/mol. The van der Waals surface area contributed by atoms with Crippen LogP contribution in [-0.2, 0) is 14.8 Å². The van der Waals surface area contributed by atoms with Gasteiger partial charge in [0.1, 0.15) is 0 Å². The van der Waals surface area contributed by atoms with Gasteiger partial charge >= 0.3 is 11.7 Å². The molecule has 10 heteroatoms. The van der Waals surface area contributed by atoms with Crippen molar-refractivity contribution in [2.75, 3.05) is 6.54 Å². The number of nitrogens with one attached hydrogen (secondary N) is 1. The van der Waals surface area contributed by atoms with Crippen molar-refractivity contribution in [2.24, 2.45) is 5.92 Å². The predicted octanol–water partition coefficient (Wildman–Crippen LogP) is 0.690. The van der Waals surface area contributed by atoms with Crippen molar-refractivity contribution in [3.63, 3.8) is 0 Å². The third-order valence-corrected chi connectivity index (χ3v) is 4.20. The normalized spacial score (nSPS) is 12.8. The van der Waals surface area contributed by atoms with Gasteiger partial charge in [-0.1, -0.05) is 6.92 Å². The number of rotatable bonds is 7. The number of hydrogen-bond donors (Lipinski definition) is 3. The molecule has 21 heavy (non-hydrogen) atoms. The van der Waals surface area contributed by atoms with E-state index in [0.717, 1.165) is 18.2 Å². The number of phenolic OH excluding ortho intramolecular Hbond substituents is 1. The lowest BCUT2D eigenvalue weighted by Crippen LogP contribution is -2.27. The molecular formula is C11H14N2O7S. The van der Waals surface area contributed by atoms with Gasteiger partial charge in [0.15, 0.2) is 5.75 Å². The molecular weight excluding hydrogens is 304 g/mol. The van der Waals surface area contributed by atoms with Gasteiger partial charge in [-0.3, -0.25) is 14.9 Å². The lowest BCUT2D eigenvalue weighted by molar-refractivity contribution is -0.386. The monoisotopic (exact) mass is 318 g/mol. The first-order chi connectivity index (χ1) is 9.65. The Kier molecular flexibility index (Phi) is 5.22. The molecule has 116 valence electrons. The van der Waals surface area contributed by atoms with Gasteiger partial charge in [-0.15, -0.1) is 0 Å². The van der Waals surface area contributed by atoms with Gasteiger partial charge in [0.05, 0.1) is 15.7 Å². The number of benzene rings is 1. The molecule has 9 nitrogen and oxygen atoms in total. The first-order valence-electron chi connectivity index (χ1n) is 5.85. The van der Waals surface area contributed by atoms with Crippen LogP contribution in [0.3, 0.4) is 0 Å². The van der Waals surface area contributed by atoms with E-state index in [1.165, 1.54) is 6.92 Å². The fraction of sp³-hybridized carbons (Fsp3) is 0.364. The van der Waals surface area contributed by atoms with E-state index in [1.807, 2.05) is 0 Å². The number of nitrogens with zero attached hydrogens (tertiary/aromatic N) is 1. The summed E-state index contributed by atoms with van der Waals surface area (Å²) < 4.78 is 26.0. The lowest BCUT2D eigenvalue weighted by atomic mass is 10.1. The van der Waals surface area contributed by atoms with Crippen LogP contribution in [0.1, 0.15) is 13.3 Å². The number of hydrogen-bond acceptors (Lipinski definition) is 6. The first kappa shape index (κ1) is 16.9. The number of sulfonamides is 1. The van der Waals surface area contributed by atoms with Crippen LogP contribution in [0.4, 0.5) is 5.69 Å². The van der Waals surface area contributed by atoms with Gasteiger partial charge in [0.2, 0.25) is 10.0 Å². The fourth-order valence-corrected chi connectivity index (χ4v) is 2.50. The molecule has 0 aromatic heterocycles. The number of carbonyl (C=O) groups is 1. The lowest BCUT2D eigenvalue weighted by Gasteiger charge is -2.09. The molecule has 0 spiro atoms. The molecule has 1 rings (SSSR count). The third-order valence-electron chi connectivity index (χ3n) is 2.74. The quantitative estimate of drug-likeness (QED) is 0.495. The van der Waals surface area contributed by atoms with Gasteiger partial charge < -0.3 is 10.2 Å². The molecule has 1 aromatic rings. The number of nitro groups is 1. The van der Waals surface area contributed by atoms with Crippen LogP contribution in [0.25, 0.3) is 0 Å². The summed E-state index contributed by atoms with van der Waals surface area (Å²) in [4.78, 5) is 20.0. The van der Waals surface area contributed by atoms with E-state index in [9.17, 15) is 28.4 Å². The van der Waals surface area contributed by atoms with Gasteiger partial charge in [-0.05, 0) is 18.6 Å². The highest BCUT2D eigenvalue weighted by Crippen LogP contribution is 2.28. The molecule has 0 saturated carbocycles. The Morgan fingerprint density at radius 1 is 1.48 bits per heavy atom. The zero-order valence-corrected chi connectivity index (χ0v) is 11.8. The van der Waals surface area contributed by atoms with E-state index in [-0.39, 0.29) is 17.9 Å². The summed E-state index contributed by atoms with van der Waals surface area (Å²) in [5.41, 5.74) is -0.725. The Hall–Kier alpha value is -2.20. The second-order valence-corrected chi connectivity index (χ2v) is 6.10. The van der Waals surface area contributed by atoms with E-state index in [2.05, 4.69) is 4.72 Å². The minimum Gasteiger partial charge on any atom is -0.502 e. The summed E-state index contributed by atoms with van der Waals surface area (Å²) in [5.74, 6) is -2.41. The van der Waals surface area contributed by atoms with Crippen LogP contribution < -0.4 is 4.72 Å². The summed E-state index contributed by atoms with van der Waals surface area (Å²) in [6.45, 7) is 1.31. The van der Waals surface area contributed by atoms with Crippen molar-refractivity contribution in [2.45, 2.75) is 18.2 Å². The molecule has 0 saturated heterocycles. The van der Waals surface area contributed by atoms with Crippen LogP contribution in [0, 0.1) is 16.0 Å². The number of phenols is 1. The molecule has 1 aromatic carbocycles. The molecule has 0 radical (unpaired) electrons. The standard InChI is InChI=1S/C11H14N2O7S/c1-7(11(15)16)4-5-12-21(19,20)8-2-3-10(14)9(6-8)13(17)18/h2-3,6-7,12,14H,4-5H2,1H3,(H,15,16). The van der Waals surface area contributed by atoms with E-state index in [0.29, 0.717) is 0 Å². The second kappa shape index (κ2) is 6.50. The average molecular weight is 318 g/mol. The van der Waals surface area contributed by atoms with Crippen LogP contribution in [0.15, 0.2) is 23.1 Å². The average Bonchev–Trinajstić information content (AvgIpc) is 2.38. The first-order valence-corrected chi connectivity index (χ1v) is 7.33. The maximum Gasteiger partial charge on any atom is 0.312 e. The van der Waals surface area contributed by atoms with E-state index >= 15 is 0 Å². The van der Waals surface area contributed by atoms with Crippen molar-refractivity contribution >= 4 is 21.7 Å². The highest BCUT2D eigenvalue weighted by Gasteiger charge is 2.21. The Balaban J connectivity index is 2.86. The van der Waals surface area contributed by atoms with Gasteiger partial charge in [-0.2, -0.15) is 0 Å². The Morgan fingerprint density at radius 2 is 2.10 bits per heavy atom. The van der Waals surface area contributed by atoms with Crippen LogP contribution in [0.5, 0.6) is 5.75 Å². The molecule has 0 bridgehead atoms. The Morgan fingerprint density at radius 3 is 2.62 bits per heavy atom. The highest BCUT2D eigenvalue weighted by molar-refractivity contribution is 7.89. The van der Waals surface area contributed by atoms with Crippen molar-refractivity contribution in [3.8, 4) is 5.75 Å². The van der Waals surface area contributed by atoms with Crippen molar-refractivity contribution < 1.29 is 28.3 Å². The smallest absolute Gasteiger partial charge is 0.312 e. The zero-order valence-electron chi connectivity index (χ0n) is 11.0. The molecule has 0 amide bonds. The number of aliphatic carboxylic acids is 1. The topological polar surface area (TPSA) is 147 Å². The summed E-state index contributed by atoms with van der Waals surface area (Å²) >= 11 is 0.